The summed E-state index contributed by atoms with van der Waals surface area (Å²) < 4.78 is 9.59. The summed E-state index contributed by atoms with van der Waals surface area (Å²) in [7, 11) is 0. The first-order valence-electron chi connectivity index (χ1n) is 21.4. The van der Waals surface area contributed by atoms with E-state index in [0.29, 0.717) is 0 Å². The van der Waals surface area contributed by atoms with Gasteiger partial charge < -0.3 is 0 Å². The van der Waals surface area contributed by atoms with Gasteiger partial charge in [0.05, 0.1) is 26.2 Å². The number of hydrogen-bond donors (Lipinski definition) is 0. The maximum Gasteiger partial charge on any atom is 0.243 e. The number of aromatic nitrogens is 4. The van der Waals surface area contributed by atoms with Crippen molar-refractivity contribution in [3.8, 4) is 0 Å². The Bertz CT molecular complexity index is 827. The molecule has 0 spiro atoms. The molecule has 2 heterocycles. The maximum atomic E-state index is 2.40. The highest BCUT2D eigenvalue weighted by Gasteiger charge is 2.06. The molecule has 272 valence electrons. The average molecular weight is 655 g/mol. The SMILES string of the molecule is CCCCCCCCCCCCCCCCn1cc[n+](CCCCC[n+]2ccn(CCCCCCCCCCCCCCCC)c2)c1. The van der Waals surface area contributed by atoms with Gasteiger partial charge in [0.15, 0.2) is 0 Å². The van der Waals surface area contributed by atoms with E-state index in [-0.39, 0.29) is 0 Å². The second-order valence-electron chi connectivity index (χ2n) is 15.0. The zero-order valence-corrected chi connectivity index (χ0v) is 32.0. The van der Waals surface area contributed by atoms with Gasteiger partial charge >= 0.3 is 0 Å². The molecule has 0 aromatic carbocycles. The Morgan fingerprint density at radius 1 is 0.319 bits per heavy atom. The molecule has 0 aliphatic carbocycles. The summed E-state index contributed by atoms with van der Waals surface area (Å²) in [5.41, 5.74) is 0. The highest BCUT2D eigenvalue weighted by molar-refractivity contribution is 4.67. The first-order valence-corrected chi connectivity index (χ1v) is 21.4. The minimum Gasteiger partial charge on any atom is -0.237 e. The van der Waals surface area contributed by atoms with Crippen LogP contribution >= 0.6 is 0 Å². The topological polar surface area (TPSA) is 17.6 Å². The van der Waals surface area contributed by atoms with E-state index >= 15 is 0 Å². The Morgan fingerprint density at radius 3 is 0.872 bits per heavy atom. The van der Waals surface area contributed by atoms with Gasteiger partial charge in [-0.3, -0.25) is 0 Å². The lowest BCUT2D eigenvalue weighted by atomic mass is 10.0. The third kappa shape index (κ3) is 25.1. The third-order valence-corrected chi connectivity index (χ3v) is 10.4. The highest BCUT2D eigenvalue weighted by atomic mass is 15.1. The van der Waals surface area contributed by atoms with Crippen molar-refractivity contribution in [1.82, 2.24) is 9.13 Å². The van der Waals surface area contributed by atoms with Gasteiger partial charge in [-0.25, -0.2) is 18.3 Å². The molecule has 4 nitrogen and oxygen atoms in total. The van der Waals surface area contributed by atoms with Gasteiger partial charge in [0.2, 0.25) is 12.7 Å². The zero-order valence-electron chi connectivity index (χ0n) is 32.0. The van der Waals surface area contributed by atoms with Crippen molar-refractivity contribution in [2.24, 2.45) is 0 Å². The standard InChI is InChI=1S/C43H82N4/c1-3-5-7-9-11-13-15-17-19-21-23-25-27-30-34-44-38-40-46(42-44)36-32-29-33-37-47-41-39-45(43-47)35-31-28-26-24-22-20-18-16-14-12-10-8-6-4-2/h38-43H,3-37H2,1-2H3/q+2. The van der Waals surface area contributed by atoms with E-state index in [1.807, 2.05) is 0 Å². The Labute approximate surface area is 294 Å². The van der Waals surface area contributed by atoms with Crippen molar-refractivity contribution in [3.05, 3.63) is 37.4 Å². The molecule has 0 unspecified atom stereocenters. The summed E-state index contributed by atoms with van der Waals surface area (Å²) in [5.74, 6) is 0. The number of aryl methyl sites for hydroxylation is 4. The van der Waals surface area contributed by atoms with E-state index in [0.717, 1.165) is 13.1 Å². The van der Waals surface area contributed by atoms with Crippen LogP contribution < -0.4 is 9.13 Å². The number of nitrogens with zero attached hydrogens (tertiary/aromatic N) is 4. The van der Waals surface area contributed by atoms with E-state index < -0.39 is 0 Å². The Hall–Kier alpha value is -1.58. The van der Waals surface area contributed by atoms with Gasteiger partial charge in [-0.1, -0.05) is 168 Å². The van der Waals surface area contributed by atoms with Gasteiger partial charge in [-0.2, -0.15) is 0 Å². The Kier molecular flexibility index (Phi) is 28.0. The largest absolute Gasteiger partial charge is 0.243 e. The van der Waals surface area contributed by atoms with Crippen molar-refractivity contribution >= 4 is 0 Å². The van der Waals surface area contributed by atoms with Crippen LogP contribution in [0.5, 0.6) is 0 Å². The van der Waals surface area contributed by atoms with Crippen molar-refractivity contribution in [3.63, 3.8) is 0 Å². The fourth-order valence-corrected chi connectivity index (χ4v) is 7.15. The van der Waals surface area contributed by atoms with E-state index in [1.165, 1.54) is 212 Å². The number of hydrogen-bond acceptors (Lipinski definition) is 0. The van der Waals surface area contributed by atoms with Gasteiger partial charge in [0.1, 0.15) is 24.8 Å². The molecule has 0 aliphatic heterocycles. The molecule has 0 saturated carbocycles. The lowest BCUT2D eigenvalue weighted by Gasteiger charge is -2.03. The first kappa shape index (κ1) is 41.6. The maximum absolute atomic E-state index is 2.40. The van der Waals surface area contributed by atoms with Gasteiger partial charge in [-0.15, -0.1) is 0 Å². The minimum absolute atomic E-state index is 1.15. The van der Waals surface area contributed by atoms with Crippen LogP contribution in [-0.2, 0) is 26.2 Å². The molecule has 4 heteroatoms. The van der Waals surface area contributed by atoms with Crippen molar-refractivity contribution in [2.75, 3.05) is 0 Å². The van der Waals surface area contributed by atoms with Crippen LogP contribution in [-0.4, -0.2) is 9.13 Å². The van der Waals surface area contributed by atoms with Crippen LogP contribution in [0.3, 0.4) is 0 Å². The van der Waals surface area contributed by atoms with Crippen LogP contribution in [0.4, 0.5) is 0 Å². The van der Waals surface area contributed by atoms with Gasteiger partial charge in [0, 0.05) is 0 Å². The number of imidazole rings is 2. The smallest absolute Gasteiger partial charge is 0.237 e. The molecule has 2 aromatic rings. The van der Waals surface area contributed by atoms with E-state index in [2.05, 4.69) is 69.6 Å². The van der Waals surface area contributed by atoms with Gasteiger partial charge in [0.25, 0.3) is 0 Å². The predicted octanol–water partition coefficient (Wildman–Crippen LogP) is 12.7. The summed E-state index contributed by atoms with van der Waals surface area (Å²) in [6.07, 6.45) is 57.7. The van der Waals surface area contributed by atoms with Crippen LogP contribution in [0.2, 0.25) is 0 Å². The van der Waals surface area contributed by atoms with Crippen molar-refractivity contribution in [1.29, 1.82) is 0 Å². The van der Waals surface area contributed by atoms with Crippen LogP contribution in [0.25, 0.3) is 0 Å². The third-order valence-electron chi connectivity index (χ3n) is 10.4. The highest BCUT2D eigenvalue weighted by Crippen LogP contribution is 2.14. The molecular formula is C43H82N4+2. The first-order chi connectivity index (χ1) is 23.3. The molecule has 2 rings (SSSR count). The molecule has 47 heavy (non-hydrogen) atoms. The van der Waals surface area contributed by atoms with E-state index in [4.69, 9.17) is 0 Å². The van der Waals surface area contributed by atoms with Crippen LogP contribution in [0.15, 0.2) is 37.4 Å². The molecule has 0 radical (unpaired) electrons. The summed E-state index contributed by atoms with van der Waals surface area (Å²) in [4.78, 5) is 0. The minimum atomic E-state index is 1.15. The molecule has 0 atom stereocenters. The van der Waals surface area contributed by atoms with E-state index in [1.54, 1.807) is 0 Å². The fraction of sp³-hybridized carbons (Fsp3) is 0.860. The molecule has 0 fully saturated rings. The number of rotatable bonds is 36. The number of unbranched alkanes of at least 4 members (excludes halogenated alkanes) is 28. The molecule has 0 bridgehead atoms. The summed E-state index contributed by atoms with van der Waals surface area (Å²) in [5, 5.41) is 0. The van der Waals surface area contributed by atoms with E-state index in [9.17, 15) is 0 Å². The molecular weight excluding hydrogens is 573 g/mol. The van der Waals surface area contributed by atoms with Crippen molar-refractivity contribution < 1.29 is 9.13 Å². The Morgan fingerprint density at radius 2 is 0.574 bits per heavy atom. The molecule has 0 N–H and O–H groups in total. The summed E-state index contributed by atoms with van der Waals surface area (Å²) in [6.45, 7) is 9.26. The van der Waals surface area contributed by atoms with Crippen LogP contribution in [0, 0.1) is 0 Å². The summed E-state index contributed by atoms with van der Waals surface area (Å²) in [6, 6.07) is 0. The molecule has 2 aromatic heterocycles. The summed E-state index contributed by atoms with van der Waals surface area (Å²) >= 11 is 0. The zero-order chi connectivity index (χ0) is 33.3. The lowest BCUT2D eigenvalue weighted by molar-refractivity contribution is -0.700. The Balaban J connectivity index is 1.34. The van der Waals surface area contributed by atoms with Gasteiger partial charge in [-0.05, 0) is 44.9 Å². The van der Waals surface area contributed by atoms with Crippen molar-refractivity contribution in [2.45, 2.75) is 239 Å². The molecule has 0 saturated heterocycles. The fourth-order valence-electron chi connectivity index (χ4n) is 7.15. The monoisotopic (exact) mass is 655 g/mol. The molecule has 0 amide bonds. The van der Waals surface area contributed by atoms with Crippen LogP contribution in [0.1, 0.15) is 213 Å². The molecule has 0 aliphatic rings. The normalized spacial score (nSPS) is 11.6. The second kappa shape index (κ2) is 31.7. The average Bonchev–Trinajstić information content (AvgIpc) is 3.74. The lowest BCUT2D eigenvalue weighted by Crippen LogP contribution is -2.32. The second-order valence-corrected chi connectivity index (χ2v) is 15.0. The predicted molar refractivity (Wildman–Crippen MR) is 204 cm³/mol. The quantitative estimate of drug-likeness (QED) is 0.0514.